The zero-order valence-corrected chi connectivity index (χ0v) is 16.2. The molecule has 2 heterocycles. The lowest BCUT2D eigenvalue weighted by molar-refractivity contribution is 0.291. The fraction of sp³-hybridized carbons (Fsp3) is 0.261. The Morgan fingerprint density at radius 3 is 2.41 bits per heavy atom. The van der Waals surface area contributed by atoms with Gasteiger partial charge in [-0.3, -0.25) is 0 Å². The highest BCUT2D eigenvalue weighted by Crippen LogP contribution is 2.46. The van der Waals surface area contributed by atoms with E-state index in [0.29, 0.717) is 24.1 Å². The molecule has 4 rings (SSSR count). The van der Waals surface area contributed by atoms with Crippen LogP contribution in [0.25, 0.3) is 11.3 Å². The van der Waals surface area contributed by atoms with Gasteiger partial charge in [0.05, 0.1) is 12.3 Å². The minimum absolute atomic E-state index is 0.136. The first-order valence-electron chi connectivity index (χ1n) is 9.40. The van der Waals surface area contributed by atoms with Gasteiger partial charge in [0, 0.05) is 35.1 Å². The Hall–Kier alpha value is -2.86. The maximum absolute atomic E-state index is 14.6. The second-order valence-electron chi connectivity index (χ2n) is 7.89. The van der Waals surface area contributed by atoms with Crippen LogP contribution < -0.4 is 10.5 Å². The van der Waals surface area contributed by atoms with Crippen molar-refractivity contribution in [2.45, 2.75) is 25.2 Å². The van der Waals surface area contributed by atoms with Gasteiger partial charge >= 0.3 is 0 Å². The molecule has 1 aliphatic rings. The van der Waals surface area contributed by atoms with E-state index >= 15 is 0 Å². The molecular formula is C23H21F3N2O. The van der Waals surface area contributed by atoms with Crippen LogP contribution in [0.1, 0.15) is 36.6 Å². The van der Waals surface area contributed by atoms with Crippen LogP contribution in [0.2, 0.25) is 0 Å². The fourth-order valence-electron chi connectivity index (χ4n) is 3.71. The molecule has 0 fully saturated rings. The highest BCUT2D eigenvalue weighted by Gasteiger charge is 2.36. The zero-order valence-electron chi connectivity index (χ0n) is 16.2. The third kappa shape index (κ3) is 3.38. The smallest absolute Gasteiger partial charge is 0.161 e. The van der Waals surface area contributed by atoms with Gasteiger partial charge in [0.2, 0.25) is 0 Å². The number of pyridine rings is 1. The number of benzene rings is 2. The number of halogens is 3. The van der Waals surface area contributed by atoms with Crippen LogP contribution in [0.15, 0.2) is 48.5 Å². The molecule has 1 atom stereocenters. The molecule has 29 heavy (non-hydrogen) atoms. The average Bonchev–Trinajstić information content (AvgIpc) is 3.01. The van der Waals surface area contributed by atoms with Gasteiger partial charge < -0.3 is 10.5 Å². The van der Waals surface area contributed by atoms with Crippen LogP contribution in [0.3, 0.4) is 0 Å². The molecule has 6 heteroatoms. The van der Waals surface area contributed by atoms with Crippen molar-refractivity contribution in [1.29, 1.82) is 0 Å². The first kappa shape index (κ1) is 19.5. The molecule has 1 aliphatic heterocycles. The normalized spacial score (nSPS) is 15.7. The number of hydrogen-bond donors (Lipinski definition) is 1. The van der Waals surface area contributed by atoms with Crippen molar-refractivity contribution in [2.75, 3.05) is 13.2 Å². The summed E-state index contributed by atoms with van der Waals surface area (Å²) >= 11 is 0. The maximum atomic E-state index is 14.6. The number of ether oxygens (including phenoxy) is 1. The fourth-order valence-corrected chi connectivity index (χ4v) is 3.71. The highest BCUT2D eigenvalue weighted by molar-refractivity contribution is 5.71. The van der Waals surface area contributed by atoms with Gasteiger partial charge in [0.15, 0.2) is 11.6 Å². The summed E-state index contributed by atoms with van der Waals surface area (Å²) in [6.45, 7) is 4.68. The van der Waals surface area contributed by atoms with Gasteiger partial charge in [-0.2, -0.15) is 0 Å². The molecule has 2 aromatic carbocycles. The van der Waals surface area contributed by atoms with Crippen LogP contribution in [0, 0.1) is 17.5 Å². The van der Waals surface area contributed by atoms with E-state index in [1.807, 2.05) is 50.2 Å². The summed E-state index contributed by atoms with van der Waals surface area (Å²) in [5, 5.41) is 0. The number of nitrogens with two attached hydrogens (primary N) is 1. The summed E-state index contributed by atoms with van der Waals surface area (Å²) < 4.78 is 47.8. The van der Waals surface area contributed by atoms with Crippen molar-refractivity contribution in [3.05, 3.63) is 82.8 Å². The molecule has 0 radical (unpaired) electrons. The van der Waals surface area contributed by atoms with Crippen molar-refractivity contribution < 1.29 is 17.9 Å². The minimum Gasteiger partial charge on any atom is -0.490 e. The number of hydrogen-bond acceptors (Lipinski definition) is 3. The molecule has 150 valence electrons. The number of aromatic nitrogens is 1. The molecule has 2 N–H and O–H groups in total. The average molecular weight is 398 g/mol. The Balaban J connectivity index is 1.96. The van der Waals surface area contributed by atoms with Gasteiger partial charge in [-0.05, 0) is 17.7 Å². The van der Waals surface area contributed by atoms with Gasteiger partial charge in [0.1, 0.15) is 17.3 Å². The van der Waals surface area contributed by atoms with E-state index in [4.69, 9.17) is 10.5 Å². The molecule has 0 saturated heterocycles. The lowest BCUT2D eigenvalue weighted by Crippen LogP contribution is -2.20. The second kappa shape index (κ2) is 7.19. The monoisotopic (exact) mass is 398 g/mol. The van der Waals surface area contributed by atoms with E-state index in [2.05, 4.69) is 4.98 Å². The topological polar surface area (TPSA) is 48.1 Å². The lowest BCUT2D eigenvalue weighted by Gasteiger charge is -2.21. The molecule has 1 unspecified atom stereocenters. The first-order valence-corrected chi connectivity index (χ1v) is 9.40. The summed E-state index contributed by atoms with van der Waals surface area (Å²) in [4.78, 5) is 4.63. The third-order valence-electron chi connectivity index (χ3n) is 5.36. The van der Waals surface area contributed by atoms with E-state index in [9.17, 15) is 13.2 Å². The van der Waals surface area contributed by atoms with Crippen LogP contribution >= 0.6 is 0 Å². The Morgan fingerprint density at radius 2 is 1.72 bits per heavy atom. The van der Waals surface area contributed by atoms with Crippen molar-refractivity contribution in [1.82, 2.24) is 4.98 Å². The summed E-state index contributed by atoms with van der Waals surface area (Å²) in [5.41, 5.74) is 8.19. The highest BCUT2D eigenvalue weighted by atomic mass is 19.2. The molecule has 0 amide bonds. The van der Waals surface area contributed by atoms with Crippen molar-refractivity contribution in [2.24, 2.45) is 5.73 Å². The van der Waals surface area contributed by atoms with E-state index in [0.717, 1.165) is 17.2 Å². The van der Waals surface area contributed by atoms with Crippen LogP contribution in [-0.4, -0.2) is 18.1 Å². The molecule has 0 aliphatic carbocycles. The van der Waals surface area contributed by atoms with E-state index in [1.165, 1.54) is 0 Å². The zero-order chi connectivity index (χ0) is 20.8. The van der Waals surface area contributed by atoms with Crippen molar-refractivity contribution in [3.8, 4) is 17.0 Å². The first-order chi connectivity index (χ1) is 13.8. The van der Waals surface area contributed by atoms with Gasteiger partial charge in [0.25, 0.3) is 0 Å². The van der Waals surface area contributed by atoms with Crippen molar-refractivity contribution in [3.63, 3.8) is 0 Å². The number of nitrogens with zero attached hydrogens (tertiary/aromatic N) is 1. The molecule has 3 nitrogen and oxygen atoms in total. The predicted octanol–water partition coefficient (Wildman–Crippen LogP) is 4.93. The summed E-state index contributed by atoms with van der Waals surface area (Å²) in [6, 6.07) is 12.9. The quantitative estimate of drug-likeness (QED) is 0.634. The Labute approximate surface area is 167 Å². The summed E-state index contributed by atoms with van der Waals surface area (Å²) in [5.74, 6) is -3.12. The standard InChI is InChI=1S/C23H21F3N2O/c1-23(2)12-29-22-16(23)9-20(15(11-27)13-6-4-3-5-7-13)28-21(22)14-8-18(25)19(26)10-17(14)24/h3-10,15H,11-12,27H2,1-2H3. The Kier molecular flexibility index (Phi) is 4.82. The maximum Gasteiger partial charge on any atom is 0.161 e. The summed E-state index contributed by atoms with van der Waals surface area (Å²) in [7, 11) is 0. The van der Waals surface area contributed by atoms with Crippen LogP contribution in [0.5, 0.6) is 5.75 Å². The third-order valence-corrected chi connectivity index (χ3v) is 5.36. The molecule has 0 bridgehead atoms. The van der Waals surface area contributed by atoms with Crippen molar-refractivity contribution >= 4 is 0 Å². The molecule has 3 aromatic rings. The molecule has 0 spiro atoms. The minimum atomic E-state index is -1.25. The predicted molar refractivity (Wildman–Crippen MR) is 105 cm³/mol. The van der Waals surface area contributed by atoms with E-state index in [-0.39, 0.29) is 29.1 Å². The van der Waals surface area contributed by atoms with Gasteiger partial charge in [-0.1, -0.05) is 44.2 Å². The largest absolute Gasteiger partial charge is 0.490 e. The van der Waals surface area contributed by atoms with Crippen LogP contribution in [0.4, 0.5) is 13.2 Å². The molecule has 0 saturated carbocycles. The van der Waals surface area contributed by atoms with E-state index in [1.54, 1.807) is 0 Å². The van der Waals surface area contributed by atoms with Crippen LogP contribution in [-0.2, 0) is 5.41 Å². The Bertz CT molecular complexity index is 1070. The van der Waals surface area contributed by atoms with Gasteiger partial charge in [-0.25, -0.2) is 18.2 Å². The molecule has 1 aromatic heterocycles. The second-order valence-corrected chi connectivity index (χ2v) is 7.89. The SMILES string of the molecule is CC1(C)COc2c1cc(C(CN)c1ccccc1)nc2-c1cc(F)c(F)cc1F. The Morgan fingerprint density at radius 1 is 1.03 bits per heavy atom. The van der Waals surface area contributed by atoms with Gasteiger partial charge in [-0.15, -0.1) is 0 Å². The van der Waals surface area contributed by atoms with E-state index < -0.39 is 17.5 Å². The lowest BCUT2D eigenvalue weighted by atomic mass is 9.84. The molecular weight excluding hydrogens is 377 g/mol. The summed E-state index contributed by atoms with van der Waals surface area (Å²) in [6.07, 6.45) is 0. The number of rotatable bonds is 4. The number of fused-ring (bicyclic) bond motifs is 1.